The quantitative estimate of drug-likeness (QED) is 0.241. The Labute approximate surface area is 202 Å². The summed E-state index contributed by atoms with van der Waals surface area (Å²) in [6.45, 7) is 1.75. The normalized spacial score (nSPS) is 14.1. The van der Waals surface area contributed by atoms with Gasteiger partial charge in [-0.3, -0.25) is 4.98 Å². The topological polar surface area (TPSA) is 26.0 Å². The largest absolute Gasteiger partial charge is 0.455 e. The molecule has 2 heterocycles. The number of halogens is 3. The molecule has 4 aromatic carbocycles. The van der Waals surface area contributed by atoms with Gasteiger partial charge in [0.2, 0.25) is 0 Å². The summed E-state index contributed by atoms with van der Waals surface area (Å²) in [5.74, 6) is 0. The zero-order chi connectivity index (χ0) is 26.2. The highest BCUT2D eigenvalue weighted by Gasteiger charge is 2.47. The lowest BCUT2D eigenvalue weighted by Gasteiger charge is -2.27. The van der Waals surface area contributed by atoms with E-state index in [4.69, 9.17) is 7.16 Å². The number of pyridine rings is 1. The van der Waals surface area contributed by atoms with Crippen molar-refractivity contribution in [3.8, 4) is 11.3 Å². The maximum atomic E-state index is 13.7. The predicted molar refractivity (Wildman–Crippen MR) is 136 cm³/mol. The fraction of sp³-hybridized carbons (Fsp3) is 0.167. The van der Waals surface area contributed by atoms with Crippen LogP contribution in [0.3, 0.4) is 0 Å². The molecule has 0 aliphatic heterocycles. The number of aromatic nitrogens is 1. The highest BCUT2D eigenvalue weighted by molar-refractivity contribution is 6.23. The van der Waals surface area contributed by atoms with Crippen LogP contribution >= 0.6 is 0 Å². The van der Waals surface area contributed by atoms with Gasteiger partial charge in [0.05, 0.1) is 11.1 Å². The summed E-state index contributed by atoms with van der Waals surface area (Å²) >= 11 is 0. The molecule has 5 heteroatoms. The molecule has 6 rings (SSSR count). The number of alkyl halides is 3. The molecule has 0 fully saturated rings. The first kappa shape index (κ1) is 19.4. The Hall–Kier alpha value is -3.86. The van der Waals surface area contributed by atoms with E-state index in [1.807, 2.05) is 36.4 Å². The van der Waals surface area contributed by atoms with Crippen molar-refractivity contribution in [2.75, 3.05) is 0 Å². The van der Waals surface area contributed by atoms with Crippen LogP contribution in [0.4, 0.5) is 13.2 Å². The van der Waals surface area contributed by atoms with Crippen LogP contribution in [0.15, 0.2) is 89.5 Å². The van der Waals surface area contributed by atoms with E-state index in [-0.39, 0.29) is 5.56 Å². The average Bonchev–Trinajstić information content (AvgIpc) is 3.26. The first-order valence-electron chi connectivity index (χ1n) is 12.3. The molecule has 2 aromatic heterocycles. The van der Waals surface area contributed by atoms with Gasteiger partial charge in [-0.1, -0.05) is 68.4 Å². The number of rotatable bonds is 3. The van der Waals surface area contributed by atoms with Gasteiger partial charge in [-0.05, 0) is 52.4 Å². The number of benzene rings is 4. The van der Waals surface area contributed by atoms with Crippen LogP contribution in [-0.4, -0.2) is 11.2 Å². The SMILES string of the molecule is [2H]C([2H])(c1ccnc(-c2cccc3c2oc2c3ccc3ccc4ccccc4c32)c1)C(C)(C)C(F)(F)F. The number of nitrogens with zero attached hydrogens (tertiary/aromatic N) is 1. The molecule has 0 aliphatic carbocycles. The zero-order valence-electron chi connectivity index (χ0n) is 21.1. The van der Waals surface area contributed by atoms with Crippen molar-refractivity contribution in [1.82, 2.24) is 4.98 Å². The third kappa shape index (κ3) is 3.45. The molecule has 0 atom stereocenters. The summed E-state index contributed by atoms with van der Waals surface area (Å²) in [5.41, 5.74) is -0.490. The summed E-state index contributed by atoms with van der Waals surface area (Å²) in [5, 5.41) is 5.96. The molecule has 0 unspecified atom stereocenters. The molecule has 0 saturated carbocycles. The van der Waals surface area contributed by atoms with E-state index in [0.29, 0.717) is 16.8 Å². The van der Waals surface area contributed by atoms with Crippen molar-refractivity contribution < 1.29 is 20.3 Å². The Kier molecular flexibility index (Phi) is 4.21. The van der Waals surface area contributed by atoms with Gasteiger partial charge in [0, 0.05) is 30.7 Å². The lowest BCUT2D eigenvalue weighted by atomic mass is 9.85. The van der Waals surface area contributed by atoms with Gasteiger partial charge < -0.3 is 4.42 Å². The van der Waals surface area contributed by atoms with Gasteiger partial charge in [0.25, 0.3) is 0 Å². The van der Waals surface area contributed by atoms with Crippen molar-refractivity contribution in [2.45, 2.75) is 26.4 Å². The van der Waals surface area contributed by atoms with Crippen molar-refractivity contribution in [2.24, 2.45) is 5.41 Å². The second-order valence-electron chi connectivity index (χ2n) is 9.29. The lowest BCUT2D eigenvalue weighted by molar-refractivity contribution is -0.211. The molecule has 6 aromatic rings. The first-order valence-corrected chi connectivity index (χ1v) is 11.3. The Balaban J connectivity index is 1.60. The minimum atomic E-state index is -4.73. The second-order valence-corrected chi connectivity index (χ2v) is 9.29. The highest BCUT2D eigenvalue weighted by atomic mass is 19.4. The minimum absolute atomic E-state index is 0.0932. The van der Waals surface area contributed by atoms with Crippen molar-refractivity contribution >= 4 is 43.5 Å². The molecule has 0 aliphatic rings. The van der Waals surface area contributed by atoms with Gasteiger partial charge in [0.15, 0.2) is 0 Å². The van der Waals surface area contributed by atoms with Crippen LogP contribution in [0.2, 0.25) is 0 Å². The molecule has 0 radical (unpaired) electrons. The van der Waals surface area contributed by atoms with Crippen LogP contribution in [-0.2, 0) is 6.37 Å². The molecule has 35 heavy (non-hydrogen) atoms. The zero-order valence-corrected chi connectivity index (χ0v) is 19.1. The van der Waals surface area contributed by atoms with Crippen LogP contribution in [0, 0.1) is 5.41 Å². The lowest BCUT2D eigenvalue weighted by Crippen LogP contribution is -2.34. The number of para-hydroxylation sites is 1. The molecule has 0 N–H and O–H groups in total. The standard InChI is InChI=1S/C30H22F3NO/c1-29(2,30(31,32)33)17-18-14-15-34-25(16-18)24-9-5-8-22-23-13-12-20-11-10-19-6-3-4-7-21(19)26(20)28(23)35-27(22)24/h3-16H,17H2,1-2H3/i17D2. The van der Waals surface area contributed by atoms with Gasteiger partial charge in [-0.2, -0.15) is 13.2 Å². The summed E-state index contributed by atoms with van der Waals surface area (Å²) in [6, 6.07) is 24.6. The van der Waals surface area contributed by atoms with Gasteiger partial charge in [-0.25, -0.2) is 0 Å². The molecule has 0 saturated heterocycles. The van der Waals surface area contributed by atoms with Crippen molar-refractivity contribution in [1.29, 1.82) is 0 Å². The first-order chi connectivity index (χ1) is 17.5. The van der Waals surface area contributed by atoms with Crippen LogP contribution in [0.1, 0.15) is 22.2 Å². The maximum absolute atomic E-state index is 13.7. The average molecular weight is 472 g/mol. The second kappa shape index (κ2) is 7.57. The van der Waals surface area contributed by atoms with Gasteiger partial charge in [-0.15, -0.1) is 0 Å². The Morgan fingerprint density at radius 1 is 0.800 bits per heavy atom. The number of fused-ring (bicyclic) bond motifs is 7. The third-order valence-electron chi connectivity index (χ3n) is 6.57. The van der Waals surface area contributed by atoms with E-state index >= 15 is 0 Å². The number of hydrogen-bond donors (Lipinski definition) is 0. The fourth-order valence-electron chi connectivity index (χ4n) is 4.63. The smallest absolute Gasteiger partial charge is 0.394 e. The van der Waals surface area contributed by atoms with E-state index < -0.39 is 18.0 Å². The van der Waals surface area contributed by atoms with Crippen LogP contribution in [0.5, 0.6) is 0 Å². The predicted octanol–water partition coefficient (Wildman–Crippen LogP) is 9.09. The molecule has 2 nitrogen and oxygen atoms in total. The fourth-order valence-corrected chi connectivity index (χ4v) is 4.63. The Morgan fingerprint density at radius 2 is 1.51 bits per heavy atom. The van der Waals surface area contributed by atoms with E-state index in [1.54, 1.807) is 6.07 Å². The summed E-state index contributed by atoms with van der Waals surface area (Å²) < 4.78 is 64.5. The maximum Gasteiger partial charge on any atom is 0.394 e. The van der Waals surface area contributed by atoms with Crippen LogP contribution in [0.25, 0.3) is 54.7 Å². The molecule has 0 bridgehead atoms. The third-order valence-corrected chi connectivity index (χ3v) is 6.57. The monoisotopic (exact) mass is 471 g/mol. The molecule has 0 spiro atoms. The van der Waals surface area contributed by atoms with Gasteiger partial charge in [0.1, 0.15) is 11.2 Å². The molecular formula is C30H22F3NO. The van der Waals surface area contributed by atoms with E-state index in [0.717, 1.165) is 51.7 Å². The number of hydrogen-bond acceptors (Lipinski definition) is 2. The Morgan fingerprint density at radius 3 is 2.34 bits per heavy atom. The van der Waals surface area contributed by atoms with E-state index in [2.05, 4.69) is 29.2 Å². The van der Waals surface area contributed by atoms with Crippen molar-refractivity contribution in [3.63, 3.8) is 0 Å². The molecular weight excluding hydrogens is 447 g/mol. The molecule has 174 valence electrons. The summed E-state index contributed by atoms with van der Waals surface area (Å²) in [7, 11) is 0. The van der Waals surface area contributed by atoms with E-state index in [9.17, 15) is 13.2 Å². The highest BCUT2D eigenvalue weighted by Crippen LogP contribution is 2.42. The van der Waals surface area contributed by atoms with E-state index in [1.165, 1.54) is 18.3 Å². The minimum Gasteiger partial charge on any atom is -0.455 e. The van der Waals surface area contributed by atoms with Crippen molar-refractivity contribution in [3.05, 3.63) is 90.6 Å². The summed E-state index contributed by atoms with van der Waals surface area (Å²) in [4.78, 5) is 4.39. The van der Waals surface area contributed by atoms with Crippen LogP contribution < -0.4 is 0 Å². The molecule has 0 amide bonds. The Bertz CT molecular complexity index is 1840. The number of furan rings is 1. The summed E-state index contributed by atoms with van der Waals surface area (Å²) in [6.07, 6.45) is -6.07. The van der Waals surface area contributed by atoms with Gasteiger partial charge >= 0.3 is 6.18 Å².